The molecule has 0 aliphatic carbocycles. The van der Waals surface area contributed by atoms with Crippen LogP contribution in [0.3, 0.4) is 0 Å². The highest BCUT2D eigenvalue weighted by Crippen LogP contribution is 2.24. The Hall–Kier alpha value is -1.36. The predicted octanol–water partition coefficient (Wildman–Crippen LogP) is 1.97. The second kappa shape index (κ2) is 6.00. The lowest BCUT2D eigenvalue weighted by Crippen LogP contribution is -2.36. The van der Waals surface area contributed by atoms with Gasteiger partial charge >= 0.3 is 0 Å². The van der Waals surface area contributed by atoms with Gasteiger partial charge in [-0.25, -0.2) is 4.98 Å². The lowest BCUT2D eigenvalue weighted by atomic mass is 9.85. The zero-order valence-electron chi connectivity index (χ0n) is 11.9. The fourth-order valence-electron chi connectivity index (χ4n) is 1.75. The monoisotopic (exact) mass is 252 g/mol. The highest BCUT2D eigenvalue weighted by molar-refractivity contribution is 5.32. The third-order valence-electron chi connectivity index (χ3n) is 2.84. The third kappa shape index (κ3) is 4.14. The van der Waals surface area contributed by atoms with Gasteiger partial charge in [-0.15, -0.1) is 0 Å². The number of anilines is 1. The van der Waals surface area contributed by atoms with E-state index in [-0.39, 0.29) is 11.5 Å². The molecule has 0 radical (unpaired) electrons. The van der Waals surface area contributed by atoms with Crippen LogP contribution in [-0.2, 0) is 0 Å². The van der Waals surface area contributed by atoms with Crippen LogP contribution in [0.25, 0.3) is 0 Å². The molecule has 1 heterocycles. The van der Waals surface area contributed by atoms with Crippen LogP contribution in [0, 0.1) is 12.3 Å². The number of ether oxygens (including phenoxy) is 1. The van der Waals surface area contributed by atoms with Crippen molar-refractivity contribution in [2.45, 2.75) is 40.2 Å². The van der Waals surface area contributed by atoms with Gasteiger partial charge in [0.1, 0.15) is 0 Å². The maximum atomic E-state index is 5.66. The maximum Gasteiger partial charge on any atom is 0.226 e. The molecule has 0 aromatic carbocycles. The molecule has 0 amide bonds. The molecule has 0 aliphatic heterocycles. The topological polar surface area (TPSA) is 73.1 Å². The van der Waals surface area contributed by atoms with Gasteiger partial charge in [0.05, 0.1) is 7.11 Å². The van der Waals surface area contributed by atoms with E-state index in [0.717, 1.165) is 12.1 Å². The van der Waals surface area contributed by atoms with Gasteiger partial charge in [-0.2, -0.15) is 4.98 Å². The first-order valence-corrected chi connectivity index (χ1v) is 6.23. The first kappa shape index (κ1) is 14.7. The molecule has 0 saturated carbocycles. The summed E-state index contributed by atoms with van der Waals surface area (Å²) in [7, 11) is 1.60. The molecule has 5 nitrogen and oxygen atoms in total. The van der Waals surface area contributed by atoms with E-state index in [9.17, 15) is 0 Å². The quantitative estimate of drug-likeness (QED) is 0.838. The van der Waals surface area contributed by atoms with E-state index in [1.165, 1.54) is 0 Å². The van der Waals surface area contributed by atoms with Gasteiger partial charge in [0.15, 0.2) is 0 Å². The van der Waals surface area contributed by atoms with Gasteiger partial charge in [0, 0.05) is 17.8 Å². The van der Waals surface area contributed by atoms with Gasteiger partial charge in [-0.1, -0.05) is 20.8 Å². The van der Waals surface area contributed by atoms with E-state index in [1.54, 1.807) is 13.2 Å². The number of hydrogen-bond acceptors (Lipinski definition) is 5. The lowest BCUT2D eigenvalue weighted by molar-refractivity contribution is 0.326. The lowest BCUT2D eigenvalue weighted by Gasteiger charge is -2.31. The molecule has 0 spiro atoms. The van der Waals surface area contributed by atoms with Crippen molar-refractivity contribution in [2.24, 2.45) is 11.1 Å². The Labute approximate surface area is 109 Å². The molecule has 102 valence electrons. The first-order chi connectivity index (χ1) is 8.36. The Bertz CT molecular complexity index is 387. The van der Waals surface area contributed by atoms with E-state index >= 15 is 0 Å². The van der Waals surface area contributed by atoms with Crippen LogP contribution in [0.2, 0.25) is 0 Å². The fourth-order valence-corrected chi connectivity index (χ4v) is 1.75. The number of hydrogen-bond donors (Lipinski definition) is 2. The van der Waals surface area contributed by atoms with Crippen molar-refractivity contribution < 1.29 is 4.74 Å². The standard InChI is InChI=1S/C13H24N4O/c1-9-8-11(18-5)17-12(15-9)16-10(6-7-14)13(2,3)4/h8,10H,6-7,14H2,1-5H3,(H,15,16,17). The number of rotatable bonds is 5. The zero-order valence-corrected chi connectivity index (χ0v) is 11.9. The van der Waals surface area contributed by atoms with Crippen molar-refractivity contribution in [1.29, 1.82) is 0 Å². The van der Waals surface area contributed by atoms with E-state index in [2.05, 4.69) is 36.1 Å². The van der Waals surface area contributed by atoms with Gasteiger partial charge in [0.2, 0.25) is 11.8 Å². The molecule has 0 bridgehead atoms. The number of nitrogens with one attached hydrogen (secondary N) is 1. The molecule has 18 heavy (non-hydrogen) atoms. The molecular weight excluding hydrogens is 228 g/mol. The highest BCUT2D eigenvalue weighted by atomic mass is 16.5. The van der Waals surface area contributed by atoms with Gasteiger partial charge in [-0.05, 0) is 25.3 Å². The SMILES string of the molecule is COc1cc(C)nc(NC(CCN)C(C)(C)C)n1. The number of nitrogens with zero attached hydrogens (tertiary/aromatic N) is 2. The highest BCUT2D eigenvalue weighted by Gasteiger charge is 2.24. The van der Waals surface area contributed by atoms with Crippen molar-refractivity contribution in [3.05, 3.63) is 11.8 Å². The van der Waals surface area contributed by atoms with Crippen molar-refractivity contribution in [3.63, 3.8) is 0 Å². The van der Waals surface area contributed by atoms with Crippen LogP contribution in [0.15, 0.2) is 6.07 Å². The Kier molecular flexibility index (Phi) is 4.90. The molecule has 1 unspecified atom stereocenters. The van der Waals surface area contributed by atoms with Crippen LogP contribution in [0.5, 0.6) is 5.88 Å². The number of nitrogens with two attached hydrogens (primary N) is 1. The Morgan fingerprint density at radius 2 is 2.06 bits per heavy atom. The minimum Gasteiger partial charge on any atom is -0.481 e. The average molecular weight is 252 g/mol. The van der Waals surface area contributed by atoms with Crippen LogP contribution in [-0.4, -0.2) is 29.7 Å². The van der Waals surface area contributed by atoms with Crippen LogP contribution >= 0.6 is 0 Å². The fraction of sp³-hybridized carbons (Fsp3) is 0.692. The maximum absolute atomic E-state index is 5.66. The third-order valence-corrected chi connectivity index (χ3v) is 2.84. The smallest absolute Gasteiger partial charge is 0.226 e. The minimum atomic E-state index is 0.0969. The van der Waals surface area contributed by atoms with Crippen molar-refractivity contribution in [2.75, 3.05) is 19.0 Å². The molecule has 1 aromatic heterocycles. The molecule has 1 atom stereocenters. The largest absolute Gasteiger partial charge is 0.481 e. The second-order valence-electron chi connectivity index (χ2n) is 5.52. The van der Waals surface area contributed by atoms with E-state index in [0.29, 0.717) is 18.4 Å². The molecule has 0 saturated heterocycles. The second-order valence-corrected chi connectivity index (χ2v) is 5.52. The van der Waals surface area contributed by atoms with Crippen molar-refractivity contribution in [3.8, 4) is 5.88 Å². The van der Waals surface area contributed by atoms with Gasteiger partial charge < -0.3 is 15.8 Å². The first-order valence-electron chi connectivity index (χ1n) is 6.23. The molecular formula is C13H24N4O. The van der Waals surface area contributed by atoms with E-state index < -0.39 is 0 Å². The summed E-state index contributed by atoms with van der Waals surface area (Å²) < 4.78 is 5.15. The van der Waals surface area contributed by atoms with Crippen LogP contribution in [0.1, 0.15) is 32.9 Å². The number of aromatic nitrogens is 2. The van der Waals surface area contributed by atoms with E-state index in [1.807, 2.05) is 6.92 Å². The summed E-state index contributed by atoms with van der Waals surface area (Å²) >= 11 is 0. The zero-order chi connectivity index (χ0) is 13.8. The molecule has 1 aromatic rings. The molecule has 0 fully saturated rings. The van der Waals surface area contributed by atoms with Crippen LogP contribution < -0.4 is 15.8 Å². The summed E-state index contributed by atoms with van der Waals surface area (Å²) in [4.78, 5) is 8.68. The summed E-state index contributed by atoms with van der Waals surface area (Å²) in [6.07, 6.45) is 0.878. The summed E-state index contributed by atoms with van der Waals surface area (Å²) in [5.41, 5.74) is 6.64. The van der Waals surface area contributed by atoms with E-state index in [4.69, 9.17) is 10.5 Å². The average Bonchev–Trinajstić information content (AvgIpc) is 2.26. The van der Waals surface area contributed by atoms with Gasteiger partial charge in [0.25, 0.3) is 0 Å². The molecule has 0 aliphatic rings. The Morgan fingerprint density at radius 1 is 1.39 bits per heavy atom. The Balaban J connectivity index is 2.90. The van der Waals surface area contributed by atoms with Crippen molar-refractivity contribution >= 4 is 5.95 Å². The normalized spacial score (nSPS) is 13.2. The molecule has 1 rings (SSSR count). The molecule has 5 heteroatoms. The summed E-state index contributed by atoms with van der Waals surface area (Å²) in [5.74, 6) is 1.17. The summed E-state index contributed by atoms with van der Waals surface area (Å²) in [6.45, 7) is 9.08. The van der Waals surface area contributed by atoms with Crippen LogP contribution in [0.4, 0.5) is 5.95 Å². The number of methoxy groups -OCH3 is 1. The summed E-state index contributed by atoms with van der Waals surface area (Å²) in [5, 5.41) is 3.35. The summed E-state index contributed by atoms with van der Waals surface area (Å²) in [6, 6.07) is 2.04. The molecule has 3 N–H and O–H groups in total. The van der Waals surface area contributed by atoms with Gasteiger partial charge in [-0.3, -0.25) is 0 Å². The minimum absolute atomic E-state index is 0.0969. The number of aryl methyl sites for hydroxylation is 1. The predicted molar refractivity (Wildman–Crippen MR) is 73.9 cm³/mol. The Morgan fingerprint density at radius 3 is 2.56 bits per heavy atom. The van der Waals surface area contributed by atoms with Crippen molar-refractivity contribution in [1.82, 2.24) is 9.97 Å².